The lowest BCUT2D eigenvalue weighted by atomic mass is 10.0. The number of carbonyl (C=O) groups excluding carboxylic acids is 1. The van der Waals surface area contributed by atoms with Gasteiger partial charge in [-0.1, -0.05) is 154 Å². The quantitative estimate of drug-likeness (QED) is 0.0831. The molecule has 0 heterocycles. The summed E-state index contributed by atoms with van der Waals surface area (Å²) in [6, 6.07) is 0. The normalized spacial score (nSPS) is 11.0. The molecule has 0 N–H and O–H groups in total. The fourth-order valence-corrected chi connectivity index (χ4v) is 4.10. The zero-order valence-corrected chi connectivity index (χ0v) is 20.6. The standard InChI is InChI=1S/C28H54O2/c1-3-5-6-7-8-9-10-11-12-13-14-15-16-17-18-19-20-21-22-23-24-25-26-28(29)30-27-4-2/h4H,2-3,5-27H2,1H3. The van der Waals surface area contributed by atoms with E-state index in [2.05, 4.69) is 13.5 Å². The van der Waals surface area contributed by atoms with Crippen LogP contribution in [-0.2, 0) is 9.53 Å². The first-order valence-electron chi connectivity index (χ1n) is 13.6. The highest BCUT2D eigenvalue weighted by molar-refractivity contribution is 5.69. The molecule has 0 unspecified atom stereocenters. The Balaban J connectivity index is 3.05. The van der Waals surface area contributed by atoms with Crippen molar-refractivity contribution in [2.24, 2.45) is 0 Å². The maximum absolute atomic E-state index is 11.3. The largest absolute Gasteiger partial charge is 0.461 e. The third kappa shape index (κ3) is 25.2. The molecule has 0 aliphatic heterocycles. The Hall–Kier alpha value is -0.790. The second kappa shape index (κ2) is 26.2. The minimum absolute atomic E-state index is 0.0805. The molecule has 178 valence electrons. The molecule has 0 aromatic carbocycles. The molecule has 0 aliphatic rings. The van der Waals surface area contributed by atoms with Gasteiger partial charge in [0.2, 0.25) is 0 Å². The van der Waals surface area contributed by atoms with E-state index in [4.69, 9.17) is 4.74 Å². The van der Waals surface area contributed by atoms with E-state index in [-0.39, 0.29) is 5.97 Å². The van der Waals surface area contributed by atoms with E-state index in [0.29, 0.717) is 13.0 Å². The molecule has 0 saturated carbocycles. The van der Waals surface area contributed by atoms with Gasteiger partial charge in [0, 0.05) is 6.42 Å². The molecule has 2 heteroatoms. The fourth-order valence-electron chi connectivity index (χ4n) is 4.10. The summed E-state index contributed by atoms with van der Waals surface area (Å²) in [6.07, 6.45) is 32.7. The van der Waals surface area contributed by atoms with Gasteiger partial charge >= 0.3 is 5.97 Å². The predicted molar refractivity (Wildman–Crippen MR) is 133 cm³/mol. The van der Waals surface area contributed by atoms with Crippen molar-refractivity contribution >= 4 is 5.97 Å². The molecular weight excluding hydrogens is 368 g/mol. The van der Waals surface area contributed by atoms with Crippen LogP contribution in [0.1, 0.15) is 155 Å². The molecule has 0 fully saturated rings. The smallest absolute Gasteiger partial charge is 0.306 e. The van der Waals surface area contributed by atoms with E-state index in [1.807, 2.05) is 0 Å². The summed E-state index contributed by atoms with van der Waals surface area (Å²) in [5, 5.41) is 0. The summed E-state index contributed by atoms with van der Waals surface area (Å²) in [5.41, 5.74) is 0. The molecule has 0 aromatic rings. The molecule has 0 aromatic heterocycles. The average molecular weight is 423 g/mol. The fraction of sp³-hybridized carbons (Fsp3) is 0.893. The summed E-state index contributed by atoms with van der Waals surface area (Å²) < 4.78 is 4.98. The predicted octanol–water partition coefficient (Wildman–Crippen LogP) is 9.71. The van der Waals surface area contributed by atoms with Crippen molar-refractivity contribution in [1.82, 2.24) is 0 Å². The number of ether oxygens (including phenoxy) is 1. The van der Waals surface area contributed by atoms with Gasteiger partial charge in [0.05, 0.1) is 0 Å². The molecule has 0 amide bonds. The maximum Gasteiger partial charge on any atom is 0.306 e. The van der Waals surface area contributed by atoms with Gasteiger partial charge in [-0.25, -0.2) is 0 Å². The summed E-state index contributed by atoms with van der Waals surface area (Å²) >= 11 is 0. The van der Waals surface area contributed by atoms with Gasteiger partial charge < -0.3 is 4.74 Å². The molecule has 0 rings (SSSR count). The molecule has 0 aliphatic carbocycles. The minimum Gasteiger partial charge on any atom is -0.461 e. The highest BCUT2D eigenvalue weighted by atomic mass is 16.5. The van der Waals surface area contributed by atoms with Crippen molar-refractivity contribution in [2.75, 3.05) is 6.61 Å². The Morgan fingerprint density at radius 1 is 0.567 bits per heavy atom. The summed E-state index contributed by atoms with van der Waals surface area (Å²) in [5.74, 6) is -0.0805. The third-order valence-electron chi connectivity index (χ3n) is 6.10. The lowest BCUT2D eigenvalue weighted by molar-refractivity contribution is -0.142. The number of hydrogen-bond acceptors (Lipinski definition) is 2. The van der Waals surface area contributed by atoms with Gasteiger partial charge in [-0.2, -0.15) is 0 Å². The zero-order chi connectivity index (χ0) is 22.0. The van der Waals surface area contributed by atoms with E-state index in [1.54, 1.807) is 6.08 Å². The van der Waals surface area contributed by atoms with Crippen molar-refractivity contribution in [1.29, 1.82) is 0 Å². The summed E-state index contributed by atoms with van der Waals surface area (Å²) in [7, 11) is 0. The first-order valence-corrected chi connectivity index (χ1v) is 13.6. The van der Waals surface area contributed by atoms with Crippen LogP contribution in [0, 0.1) is 0 Å². The number of unbranched alkanes of at least 4 members (excludes halogenated alkanes) is 21. The Morgan fingerprint density at radius 3 is 1.17 bits per heavy atom. The van der Waals surface area contributed by atoms with Gasteiger partial charge in [0.1, 0.15) is 6.61 Å². The highest BCUT2D eigenvalue weighted by Crippen LogP contribution is 2.15. The van der Waals surface area contributed by atoms with Gasteiger partial charge in [0.25, 0.3) is 0 Å². The van der Waals surface area contributed by atoms with Gasteiger partial charge in [0.15, 0.2) is 0 Å². The van der Waals surface area contributed by atoms with Gasteiger partial charge in [-0.3, -0.25) is 4.79 Å². The number of rotatable bonds is 25. The molecule has 0 bridgehead atoms. The Morgan fingerprint density at radius 2 is 0.867 bits per heavy atom. The maximum atomic E-state index is 11.3. The van der Waals surface area contributed by atoms with E-state index in [1.165, 1.54) is 128 Å². The lowest BCUT2D eigenvalue weighted by Crippen LogP contribution is -2.03. The van der Waals surface area contributed by atoms with E-state index in [9.17, 15) is 4.79 Å². The second-order valence-corrected chi connectivity index (χ2v) is 9.15. The van der Waals surface area contributed by atoms with Crippen LogP contribution in [0.2, 0.25) is 0 Å². The Bertz CT molecular complexity index is 351. The topological polar surface area (TPSA) is 26.3 Å². The second-order valence-electron chi connectivity index (χ2n) is 9.15. The van der Waals surface area contributed by atoms with Gasteiger partial charge in [-0.05, 0) is 6.42 Å². The molecular formula is C28H54O2. The summed E-state index contributed by atoms with van der Waals surface area (Å²) in [6.45, 7) is 6.19. The molecule has 0 saturated heterocycles. The molecule has 0 radical (unpaired) electrons. The van der Waals surface area contributed by atoms with Crippen LogP contribution < -0.4 is 0 Å². The van der Waals surface area contributed by atoms with Crippen molar-refractivity contribution in [3.05, 3.63) is 12.7 Å². The lowest BCUT2D eigenvalue weighted by Gasteiger charge is -2.04. The number of esters is 1. The first kappa shape index (κ1) is 29.2. The van der Waals surface area contributed by atoms with Crippen molar-refractivity contribution in [2.45, 2.75) is 155 Å². The van der Waals surface area contributed by atoms with Crippen LogP contribution in [0.25, 0.3) is 0 Å². The van der Waals surface area contributed by atoms with Crippen LogP contribution in [0.5, 0.6) is 0 Å². The highest BCUT2D eigenvalue weighted by Gasteiger charge is 2.01. The molecule has 30 heavy (non-hydrogen) atoms. The number of carbonyl (C=O) groups is 1. The van der Waals surface area contributed by atoms with Crippen LogP contribution in [0.4, 0.5) is 0 Å². The van der Waals surface area contributed by atoms with Crippen LogP contribution in [0.15, 0.2) is 12.7 Å². The van der Waals surface area contributed by atoms with Crippen molar-refractivity contribution < 1.29 is 9.53 Å². The van der Waals surface area contributed by atoms with E-state index in [0.717, 1.165) is 12.8 Å². The van der Waals surface area contributed by atoms with Crippen LogP contribution in [0.3, 0.4) is 0 Å². The number of hydrogen-bond donors (Lipinski definition) is 0. The van der Waals surface area contributed by atoms with E-state index >= 15 is 0 Å². The average Bonchev–Trinajstić information content (AvgIpc) is 2.75. The Labute approximate surface area is 189 Å². The van der Waals surface area contributed by atoms with Crippen molar-refractivity contribution in [3.63, 3.8) is 0 Å². The van der Waals surface area contributed by atoms with Crippen LogP contribution in [-0.4, -0.2) is 12.6 Å². The third-order valence-corrected chi connectivity index (χ3v) is 6.10. The molecule has 0 spiro atoms. The summed E-state index contributed by atoms with van der Waals surface area (Å²) in [4.78, 5) is 11.3. The SMILES string of the molecule is C=CCOC(=O)CCCCCCCCCCCCCCCCCCCCCCCC. The Kier molecular flexibility index (Phi) is 25.6. The molecule has 2 nitrogen and oxygen atoms in total. The molecule has 0 atom stereocenters. The van der Waals surface area contributed by atoms with E-state index < -0.39 is 0 Å². The monoisotopic (exact) mass is 422 g/mol. The van der Waals surface area contributed by atoms with Gasteiger partial charge in [-0.15, -0.1) is 0 Å². The minimum atomic E-state index is -0.0805. The van der Waals surface area contributed by atoms with Crippen LogP contribution >= 0.6 is 0 Å². The first-order chi connectivity index (χ1) is 14.8. The zero-order valence-electron chi connectivity index (χ0n) is 20.6. The van der Waals surface area contributed by atoms with Crippen molar-refractivity contribution in [3.8, 4) is 0 Å².